The Morgan fingerprint density at radius 2 is 2.24 bits per heavy atom. The number of H-pyrrole nitrogens is 1. The Balaban J connectivity index is 0.00000225. The fraction of sp³-hybridized carbons (Fsp3) is 0.312. The number of furan rings is 1. The van der Waals surface area contributed by atoms with Crippen molar-refractivity contribution in [3.63, 3.8) is 0 Å². The molecule has 0 aliphatic carbocycles. The number of nitrogens with zero attached hydrogens (tertiary/aromatic N) is 5. The smallest absolute Gasteiger partial charge is 0.216 e. The van der Waals surface area contributed by atoms with Crippen molar-refractivity contribution in [1.29, 1.82) is 0 Å². The molecule has 0 aliphatic heterocycles. The van der Waals surface area contributed by atoms with Gasteiger partial charge in [-0.2, -0.15) is 0 Å². The number of rotatable bonds is 5. The maximum atomic E-state index is 5.29. The number of hydrogen-bond acceptors (Lipinski definition) is 4. The Labute approximate surface area is 163 Å². The van der Waals surface area contributed by atoms with Crippen LogP contribution in [0, 0.1) is 0 Å². The van der Waals surface area contributed by atoms with E-state index in [1.165, 1.54) is 5.69 Å². The number of aryl methyl sites for hydroxylation is 1. The van der Waals surface area contributed by atoms with Gasteiger partial charge >= 0.3 is 0 Å². The van der Waals surface area contributed by atoms with Crippen LogP contribution in [0.1, 0.15) is 11.5 Å². The average molecular weight is 455 g/mol. The zero-order chi connectivity index (χ0) is 16.9. The van der Waals surface area contributed by atoms with E-state index in [1.807, 2.05) is 38.5 Å². The highest BCUT2D eigenvalue weighted by Crippen LogP contribution is 2.14. The van der Waals surface area contributed by atoms with E-state index < -0.39 is 0 Å². The third kappa shape index (κ3) is 4.62. The highest BCUT2D eigenvalue weighted by atomic mass is 127. The second-order valence-corrected chi connectivity index (χ2v) is 5.45. The molecule has 8 nitrogen and oxygen atoms in total. The zero-order valence-corrected chi connectivity index (χ0v) is 16.8. The van der Waals surface area contributed by atoms with Crippen LogP contribution < -0.4 is 5.32 Å². The molecule has 0 aliphatic rings. The Morgan fingerprint density at radius 3 is 2.88 bits per heavy atom. The minimum atomic E-state index is 0. The predicted molar refractivity (Wildman–Crippen MR) is 107 cm³/mol. The predicted octanol–water partition coefficient (Wildman–Crippen LogP) is 2.23. The zero-order valence-electron chi connectivity index (χ0n) is 14.4. The minimum absolute atomic E-state index is 0. The van der Waals surface area contributed by atoms with Crippen LogP contribution in [0.3, 0.4) is 0 Å². The van der Waals surface area contributed by atoms with Gasteiger partial charge in [0.15, 0.2) is 11.7 Å². The van der Waals surface area contributed by atoms with Gasteiger partial charge in [0.05, 0.1) is 19.4 Å². The molecule has 3 heterocycles. The first-order valence-corrected chi connectivity index (χ1v) is 7.64. The summed E-state index contributed by atoms with van der Waals surface area (Å²) in [4.78, 5) is 10.8. The van der Waals surface area contributed by atoms with Crippen LogP contribution in [0.15, 0.2) is 46.1 Å². The average Bonchev–Trinajstić information content (AvgIpc) is 3.30. The Hall–Kier alpha value is -2.30. The summed E-state index contributed by atoms with van der Waals surface area (Å²) < 4.78 is 7.38. The van der Waals surface area contributed by atoms with E-state index in [0.29, 0.717) is 18.1 Å². The Bertz CT molecular complexity index is 806. The van der Waals surface area contributed by atoms with Crippen molar-refractivity contribution < 1.29 is 4.42 Å². The first-order chi connectivity index (χ1) is 11.7. The molecule has 0 fully saturated rings. The van der Waals surface area contributed by atoms with Crippen molar-refractivity contribution in [2.24, 2.45) is 12.0 Å². The molecule has 0 amide bonds. The SMILES string of the molecule is CN=C(NCc1nc(-c2ccco2)n[nH]1)N(C)Cc1cccn1C.I. The summed E-state index contributed by atoms with van der Waals surface area (Å²) in [7, 11) is 5.79. The molecule has 0 aromatic carbocycles. The second-order valence-electron chi connectivity index (χ2n) is 5.45. The van der Waals surface area contributed by atoms with Crippen molar-refractivity contribution in [3.8, 4) is 11.6 Å². The van der Waals surface area contributed by atoms with E-state index in [-0.39, 0.29) is 24.0 Å². The molecule has 3 rings (SSSR count). The quantitative estimate of drug-likeness (QED) is 0.350. The number of nitrogens with one attached hydrogen (secondary N) is 2. The normalized spacial score (nSPS) is 11.2. The molecule has 0 unspecified atom stereocenters. The molecule has 0 saturated heterocycles. The van der Waals surface area contributed by atoms with Crippen LogP contribution in [0.25, 0.3) is 11.6 Å². The summed E-state index contributed by atoms with van der Waals surface area (Å²) in [5, 5.41) is 10.3. The van der Waals surface area contributed by atoms with Gasteiger partial charge in [0.25, 0.3) is 0 Å². The second kappa shape index (κ2) is 8.70. The van der Waals surface area contributed by atoms with Crippen molar-refractivity contribution >= 4 is 29.9 Å². The number of aliphatic imine (C=N–C) groups is 1. The van der Waals surface area contributed by atoms with E-state index in [9.17, 15) is 0 Å². The van der Waals surface area contributed by atoms with Crippen molar-refractivity contribution in [2.75, 3.05) is 14.1 Å². The highest BCUT2D eigenvalue weighted by molar-refractivity contribution is 14.0. The van der Waals surface area contributed by atoms with Gasteiger partial charge in [0, 0.05) is 33.0 Å². The van der Waals surface area contributed by atoms with Gasteiger partial charge in [-0.15, -0.1) is 29.1 Å². The number of hydrogen-bond donors (Lipinski definition) is 2. The van der Waals surface area contributed by atoms with E-state index in [2.05, 4.69) is 41.0 Å². The summed E-state index contributed by atoms with van der Waals surface area (Å²) in [5.74, 6) is 2.69. The van der Waals surface area contributed by atoms with Crippen LogP contribution in [0.5, 0.6) is 0 Å². The molecule has 134 valence electrons. The van der Waals surface area contributed by atoms with Gasteiger partial charge in [0.1, 0.15) is 5.82 Å². The topological polar surface area (TPSA) is 87.3 Å². The third-order valence-corrected chi connectivity index (χ3v) is 3.71. The fourth-order valence-corrected chi connectivity index (χ4v) is 2.42. The van der Waals surface area contributed by atoms with E-state index in [4.69, 9.17) is 4.42 Å². The molecule has 9 heteroatoms. The summed E-state index contributed by atoms with van der Waals surface area (Å²) in [6.45, 7) is 1.26. The van der Waals surface area contributed by atoms with Crippen LogP contribution in [0.2, 0.25) is 0 Å². The lowest BCUT2D eigenvalue weighted by Gasteiger charge is -2.22. The Morgan fingerprint density at radius 1 is 1.40 bits per heavy atom. The lowest BCUT2D eigenvalue weighted by molar-refractivity contribution is 0.460. The molecular weight excluding hydrogens is 433 g/mol. The maximum Gasteiger partial charge on any atom is 0.216 e. The van der Waals surface area contributed by atoms with E-state index in [1.54, 1.807) is 13.3 Å². The maximum absolute atomic E-state index is 5.29. The molecule has 3 aromatic heterocycles. The molecular formula is C16H22IN7O. The largest absolute Gasteiger partial charge is 0.461 e. The molecule has 3 aromatic rings. The standard InChI is InChI=1S/C16H21N7O.HI/c1-17-16(23(3)11-12-6-4-8-22(12)2)18-10-14-19-15(21-20-14)13-7-5-9-24-13;/h4-9H,10-11H2,1-3H3,(H,17,18)(H,19,20,21);1H. The number of guanidine groups is 1. The molecule has 0 spiro atoms. The van der Waals surface area contributed by atoms with Gasteiger partial charge in [-0.05, 0) is 24.3 Å². The van der Waals surface area contributed by atoms with Crippen LogP contribution in [0.4, 0.5) is 0 Å². The molecule has 2 N–H and O–H groups in total. The van der Waals surface area contributed by atoms with Crippen molar-refractivity contribution in [3.05, 3.63) is 48.2 Å². The molecule has 25 heavy (non-hydrogen) atoms. The van der Waals surface area contributed by atoms with Crippen molar-refractivity contribution in [1.82, 2.24) is 30.0 Å². The van der Waals surface area contributed by atoms with E-state index >= 15 is 0 Å². The molecule has 0 bridgehead atoms. The monoisotopic (exact) mass is 455 g/mol. The summed E-state index contributed by atoms with van der Waals surface area (Å²) in [6, 6.07) is 7.76. The van der Waals surface area contributed by atoms with E-state index in [0.717, 1.165) is 18.3 Å². The summed E-state index contributed by atoms with van der Waals surface area (Å²) >= 11 is 0. The first kappa shape index (κ1) is 19.0. The van der Waals surface area contributed by atoms with Gasteiger partial charge in [-0.1, -0.05) is 0 Å². The van der Waals surface area contributed by atoms with Crippen LogP contribution in [-0.4, -0.2) is 44.7 Å². The number of halogens is 1. The third-order valence-electron chi connectivity index (χ3n) is 3.71. The first-order valence-electron chi connectivity index (χ1n) is 7.64. The van der Waals surface area contributed by atoms with Crippen molar-refractivity contribution in [2.45, 2.75) is 13.1 Å². The fourth-order valence-electron chi connectivity index (χ4n) is 2.42. The highest BCUT2D eigenvalue weighted by Gasteiger charge is 2.11. The molecule has 0 saturated carbocycles. The summed E-state index contributed by atoms with van der Waals surface area (Å²) in [6.07, 6.45) is 3.63. The van der Waals surface area contributed by atoms with Crippen LogP contribution >= 0.6 is 24.0 Å². The lowest BCUT2D eigenvalue weighted by atomic mass is 10.4. The van der Waals surface area contributed by atoms with Gasteiger partial charge in [-0.25, -0.2) is 4.98 Å². The molecule has 0 radical (unpaired) electrons. The minimum Gasteiger partial charge on any atom is -0.461 e. The van der Waals surface area contributed by atoms with Gasteiger partial charge in [0.2, 0.25) is 5.82 Å². The van der Waals surface area contributed by atoms with Crippen LogP contribution in [-0.2, 0) is 20.1 Å². The van der Waals surface area contributed by atoms with Gasteiger partial charge in [-0.3, -0.25) is 10.1 Å². The number of aromatic amines is 1. The number of aromatic nitrogens is 4. The van der Waals surface area contributed by atoms with Gasteiger partial charge < -0.3 is 19.2 Å². The summed E-state index contributed by atoms with van der Waals surface area (Å²) in [5.41, 5.74) is 1.21. The molecule has 0 atom stereocenters. The Kier molecular flexibility index (Phi) is 6.62. The lowest BCUT2D eigenvalue weighted by Crippen LogP contribution is -2.38.